The van der Waals surface area contributed by atoms with Crippen molar-refractivity contribution < 1.29 is 19.1 Å². The lowest BCUT2D eigenvalue weighted by atomic mass is 10.1. The molecular formula is C29H28N6O4. The summed E-state index contributed by atoms with van der Waals surface area (Å²) in [6, 6.07) is 19.1. The summed E-state index contributed by atoms with van der Waals surface area (Å²) in [5.41, 5.74) is 3.53. The quantitative estimate of drug-likeness (QED) is 0.379. The van der Waals surface area contributed by atoms with E-state index >= 15 is 0 Å². The zero-order chi connectivity index (χ0) is 27.4. The summed E-state index contributed by atoms with van der Waals surface area (Å²) in [5.74, 6) is 1.28. The van der Waals surface area contributed by atoms with Crippen molar-refractivity contribution in [1.29, 1.82) is 5.26 Å². The lowest BCUT2D eigenvalue weighted by Crippen LogP contribution is -2.50. The van der Waals surface area contributed by atoms with Crippen molar-refractivity contribution in [1.82, 2.24) is 19.4 Å². The fourth-order valence-corrected chi connectivity index (χ4v) is 4.57. The second-order valence-electron chi connectivity index (χ2n) is 9.05. The number of carbonyl (C=O) groups is 2. The number of nitrogens with one attached hydrogen (secondary N) is 1. The van der Waals surface area contributed by atoms with Crippen LogP contribution in [0.15, 0.2) is 67.0 Å². The standard InChI is InChI=1S/C29H28N6O4/c1-3-38-29(37)34-15-13-33(14-16-34)28(36)25-19-35-27(20(25)2)26(21(17-30)18-31-35)32-22-9-11-24(12-10-22)39-23-7-5-4-6-8-23/h4-12,18-19,32H,3,13-16H2,1-2H3. The first-order chi connectivity index (χ1) is 19.0. The van der Waals surface area contributed by atoms with E-state index in [1.165, 1.54) is 6.20 Å². The maximum Gasteiger partial charge on any atom is 0.409 e. The zero-order valence-corrected chi connectivity index (χ0v) is 21.8. The van der Waals surface area contributed by atoms with Gasteiger partial charge in [-0.1, -0.05) is 18.2 Å². The fourth-order valence-electron chi connectivity index (χ4n) is 4.57. The van der Waals surface area contributed by atoms with Gasteiger partial charge in [0.25, 0.3) is 5.91 Å². The molecule has 1 fully saturated rings. The van der Waals surface area contributed by atoms with Crippen LogP contribution < -0.4 is 10.1 Å². The molecular weight excluding hydrogens is 496 g/mol. The summed E-state index contributed by atoms with van der Waals surface area (Å²) >= 11 is 0. The highest BCUT2D eigenvalue weighted by molar-refractivity contribution is 6.00. The van der Waals surface area contributed by atoms with Crippen molar-refractivity contribution in [3.63, 3.8) is 0 Å². The molecule has 3 heterocycles. The average Bonchev–Trinajstić information content (AvgIpc) is 3.31. The highest BCUT2D eigenvalue weighted by Crippen LogP contribution is 2.32. The highest BCUT2D eigenvalue weighted by atomic mass is 16.6. The molecule has 1 aliphatic rings. The van der Waals surface area contributed by atoms with Crippen LogP contribution in [-0.4, -0.2) is 64.2 Å². The van der Waals surface area contributed by atoms with Crippen molar-refractivity contribution >= 4 is 28.9 Å². The van der Waals surface area contributed by atoms with Crippen LogP contribution >= 0.6 is 0 Å². The van der Waals surface area contributed by atoms with Crippen LogP contribution in [-0.2, 0) is 4.74 Å². The van der Waals surface area contributed by atoms with Gasteiger partial charge in [-0.2, -0.15) is 10.4 Å². The minimum Gasteiger partial charge on any atom is -0.457 e. The number of hydrogen-bond donors (Lipinski definition) is 1. The number of rotatable bonds is 6. The largest absolute Gasteiger partial charge is 0.457 e. The van der Waals surface area contributed by atoms with E-state index in [0.29, 0.717) is 66.4 Å². The molecule has 0 saturated carbocycles. The number of fused-ring (bicyclic) bond motifs is 1. The summed E-state index contributed by atoms with van der Waals surface area (Å²) in [6.45, 7) is 5.56. The normalized spacial score (nSPS) is 13.2. The van der Waals surface area contributed by atoms with Gasteiger partial charge in [-0.05, 0) is 55.8 Å². The maximum absolute atomic E-state index is 13.5. The number of benzene rings is 2. The van der Waals surface area contributed by atoms with Crippen molar-refractivity contribution in [2.75, 3.05) is 38.1 Å². The molecule has 0 radical (unpaired) electrons. The van der Waals surface area contributed by atoms with Crippen molar-refractivity contribution in [2.24, 2.45) is 0 Å². The molecule has 2 aromatic carbocycles. The van der Waals surface area contributed by atoms with Crippen molar-refractivity contribution in [2.45, 2.75) is 13.8 Å². The molecule has 10 nitrogen and oxygen atoms in total. The number of ether oxygens (including phenoxy) is 2. The molecule has 4 aromatic rings. The number of para-hydroxylation sites is 1. The molecule has 1 aliphatic heterocycles. The van der Waals surface area contributed by atoms with Crippen LogP contribution in [0.3, 0.4) is 0 Å². The Morgan fingerprint density at radius 3 is 2.33 bits per heavy atom. The third kappa shape index (κ3) is 5.33. The van der Waals surface area contributed by atoms with Gasteiger partial charge in [-0.3, -0.25) is 4.79 Å². The number of anilines is 2. The third-order valence-electron chi connectivity index (χ3n) is 6.60. The van der Waals surface area contributed by atoms with Gasteiger partial charge < -0.3 is 24.6 Å². The van der Waals surface area contributed by atoms with E-state index in [2.05, 4.69) is 16.5 Å². The number of nitriles is 1. The third-order valence-corrected chi connectivity index (χ3v) is 6.60. The monoisotopic (exact) mass is 524 g/mol. The summed E-state index contributed by atoms with van der Waals surface area (Å²) < 4.78 is 12.6. The zero-order valence-electron chi connectivity index (χ0n) is 21.8. The smallest absolute Gasteiger partial charge is 0.409 e. The van der Waals surface area contributed by atoms with Gasteiger partial charge in [0.15, 0.2) is 0 Å². The molecule has 0 aliphatic carbocycles. The van der Waals surface area contributed by atoms with E-state index in [-0.39, 0.29) is 12.0 Å². The number of piperazine rings is 1. The number of aromatic nitrogens is 2. The topological polar surface area (TPSA) is 112 Å². The van der Waals surface area contributed by atoms with E-state index in [0.717, 1.165) is 11.4 Å². The Labute approximate surface area is 226 Å². The second kappa shape index (κ2) is 11.1. The molecule has 0 bridgehead atoms. The Kier molecular flexibility index (Phi) is 7.32. The molecule has 198 valence electrons. The lowest BCUT2D eigenvalue weighted by Gasteiger charge is -2.34. The number of carbonyl (C=O) groups excluding carboxylic acids is 2. The van der Waals surface area contributed by atoms with E-state index in [1.54, 1.807) is 27.4 Å². The van der Waals surface area contributed by atoms with Gasteiger partial charge in [0.05, 0.1) is 35.1 Å². The highest BCUT2D eigenvalue weighted by Gasteiger charge is 2.28. The Bertz CT molecular complexity index is 1530. The Morgan fingerprint density at radius 1 is 1.00 bits per heavy atom. The van der Waals surface area contributed by atoms with Gasteiger partial charge >= 0.3 is 6.09 Å². The van der Waals surface area contributed by atoms with Crippen LogP contribution in [0.5, 0.6) is 11.5 Å². The average molecular weight is 525 g/mol. The Balaban J connectivity index is 1.37. The van der Waals surface area contributed by atoms with Crippen LogP contribution in [0, 0.1) is 18.3 Å². The van der Waals surface area contributed by atoms with E-state index < -0.39 is 0 Å². The minimum atomic E-state index is -0.362. The molecule has 39 heavy (non-hydrogen) atoms. The van der Waals surface area contributed by atoms with Gasteiger partial charge in [0, 0.05) is 38.1 Å². The fraction of sp³-hybridized carbons (Fsp3) is 0.241. The molecule has 2 amide bonds. The molecule has 2 aromatic heterocycles. The molecule has 1 N–H and O–H groups in total. The molecule has 10 heteroatoms. The van der Waals surface area contributed by atoms with Crippen LogP contribution in [0.1, 0.15) is 28.4 Å². The van der Waals surface area contributed by atoms with Crippen LogP contribution in [0.25, 0.3) is 5.52 Å². The Morgan fingerprint density at radius 2 is 1.67 bits per heavy atom. The minimum absolute atomic E-state index is 0.145. The van der Waals surface area contributed by atoms with Gasteiger partial charge in [0.2, 0.25) is 0 Å². The maximum atomic E-state index is 13.5. The predicted molar refractivity (Wildman–Crippen MR) is 145 cm³/mol. The van der Waals surface area contributed by atoms with Crippen molar-refractivity contribution in [3.05, 3.63) is 83.7 Å². The first kappa shape index (κ1) is 25.6. The Hall–Kier alpha value is -5.04. The number of amides is 2. The number of hydrogen-bond acceptors (Lipinski definition) is 7. The number of nitrogens with zero attached hydrogens (tertiary/aromatic N) is 5. The first-order valence-electron chi connectivity index (χ1n) is 12.7. The summed E-state index contributed by atoms with van der Waals surface area (Å²) in [5, 5.41) is 17.5. The van der Waals surface area contributed by atoms with Crippen LogP contribution in [0.2, 0.25) is 0 Å². The number of aryl methyl sites for hydroxylation is 1. The van der Waals surface area contributed by atoms with Crippen molar-refractivity contribution in [3.8, 4) is 17.6 Å². The predicted octanol–water partition coefficient (Wildman–Crippen LogP) is 4.96. The summed E-state index contributed by atoms with van der Waals surface area (Å²) in [4.78, 5) is 28.8. The molecule has 0 unspecified atom stereocenters. The van der Waals surface area contributed by atoms with E-state index in [1.807, 2.05) is 61.5 Å². The van der Waals surface area contributed by atoms with Gasteiger partial charge in [-0.25, -0.2) is 9.31 Å². The first-order valence-corrected chi connectivity index (χ1v) is 12.7. The molecule has 5 rings (SSSR count). The van der Waals surface area contributed by atoms with Gasteiger partial charge in [0.1, 0.15) is 17.6 Å². The molecule has 0 spiro atoms. The van der Waals surface area contributed by atoms with Gasteiger partial charge in [-0.15, -0.1) is 0 Å². The van der Waals surface area contributed by atoms with E-state index in [4.69, 9.17) is 9.47 Å². The lowest BCUT2D eigenvalue weighted by molar-refractivity contribution is 0.0570. The second-order valence-corrected chi connectivity index (χ2v) is 9.05. The summed E-state index contributed by atoms with van der Waals surface area (Å²) in [6.07, 6.45) is 2.81. The van der Waals surface area contributed by atoms with E-state index in [9.17, 15) is 14.9 Å². The SMILES string of the molecule is CCOC(=O)N1CCN(C(=O)c2cn3ncc(C#N)c(Nc4ccc(Oc5ccccc5)cc4)c3c2C)CC1. The molecule has 0 atom stereocenters. The van der Waals surface area contributed by atoms with Crippen LogP contribution in [0.4, 0.5) is 16.2 Å². The summed E-state index contributed by atoms with van der Waals surface area (Å²) in [7, 11) is 0. The molecule has 1 saturated heterocycles.